The fourth-order valence-electron chi connectivity index (χ4n) is 5.67. The number of halogens is 1. The number of hydrogen-bond acceptors (Lipinski definition) is 4. The van der Waals surface area contributed by atoms with Gasteiger partial charge in [-0.15, -0.1) is 0 Å². The minimum Gasteiger partial charge on any atom is -0.372 e. The van der Waals surface area contributed by atoms with Gasteiger partial charge in [0.25, 0.3) is 5.91 Å². The van der Waals surface area contributed by atoms with Gasteiger partial charge in [-0.25, -0.2) is 4.39 Å². The van der Waals surface area contributed by atoms with E-state index in [1.807, 2.05) is 19.9 Å². The molecule has 6 heteroatoms. The second-order valence-corrected chi connectivity index (χ2v) is 10.3. The Morgan fingerprint density at radius 1 is 1.11 bits per heavy atom. The standard InChI is InChI=1S/C29H37FN4O/c1-3-26-11-10-23(18-31-26)29(35)32-27-17-25(30)16-24(20(27)2)19-33-12-14-34(15-13-33)28(22-8-9-22)21-6-4-5-7-21/h10-11,16-18,21H,3-9,12-15,19H2,1-2H3,(H,32,35). The predicted molar refractivity (Wildman–Crippen MR) is 138 cm³/mol. The van der Waals surface area contributed by atoms with E-state index in [-0.39, 0.29) is 11.7 Å². The van der Waals surface area contributed by atoms with Gasteiger partial charge in [0, 0.05) is 56.0 Å². The quantitative estimate of drug-likeness (QED) is 0.557. The number of carbonyl (C=O) groups is 1. The van der Waals surface area contributed by atoms with Crippen LogP contribution >= 0.6 is 0 Å². The Labute approximate surface area is 208 Å². The maximum absolute atomic E-state index is 14.6. The average molecular weight is 477 g/mol. The van der Waals surface area contributed by atoms with Crippen molar-refractivity contribution >= 4 is 11.6 Å². The molecule has 0 bridgehead atoms. The summed E-state index contributed by atoms with van der Waals surface area (Å²) in [6.45, 7) is 8.75. The predicted octanol–water partition coefficient (Wildman–Crippen LogP) is 5.70. The minimum atomic E-state index is -0.319. The lowest BCUT2D eigenvalue weighted by Gasteiger charge is -2.39. The Kier molecular flexibility index (Phi) is 7.19. The molecule has 1 amide bonds. The minimum absolute atomic E-state index is 0.263. The van der Waals surface area contributed by atoms with Crippen LogP contribution in [0.25, 0.3) is 0 Å². The van der Waals surface area contributed by atoms with Crippen LogP contribution in [-0.4, -0.2) is 46.9 Å². The number of nitrogens with one attached hydrogen (secondary N) is 1. The summed E-state index contributed by atoms with van der Waals surface area (Å²) in [5.41, 5.74) is 7.18. The molecule has 1 saturated heterocycles. The van der Waals surface area contributed by atoms with Gasteiger partial charge >= 0.3 is 0 Å². The number of rotatable bonds is 7. The van der Waals surface area contributed by atoms with Gasteiger partial charge in [-0.3, -0.25) is 14.7 Å². The van der Waals surface area contributed by atoms with Crippen molar-refractivity contribution in [3.05, 3.63) is 69.9 Å². The average Bonchev–Trinajstić information content (AvgIpc) is 3.56. The lowest BCUT2D eigenvalue weighted by atomic mass is 10.0. The number of aryl methyl sites for hydroxylation is 1. The molecule has 1 aliphatic heterocycles. The molecule has 0 radical (unpaired) electrons. The smallest absolute Gasteiger partial charge is 0.257 e. The zero-order valence-electron chi connectivity index (χ0n) is 21.1. The molecule has 0 atom stereocenters. The molecule has 35 heavy (non-hydrogen) atoms. The van der Waals surface area contributed by atoms with Crippen molar-refractivity contribution in [3.63, 3.8) is 0 Å². The Morgan fingerprint density at radius 3 is 2.49 bits per heavy atom. The molecule has 2 heterocycles. The van der Waals surface area contributed by atoms with Crippen LogP contribution in [0.4, 0.5) is 10.1 Å². The largest absolute Gasteiger partial charge is 0.372 e. The first-order valence-corrected chi connectivity index (χ1v) is 13.3. The highest BCUT2D eigenvalue weighted by molar-refractivity contribution is 6.04. The molecular weight excluding hydrogens is 439 g/mol. The molecule has 1 N–H and O–H groups in total. The Bertz CT molecular complexity index is 1090. The summed E-state index contributed by atoms with van der Waals surface area (Å²) in [7, 11) is 0. The highest BCUT2D eigenvalue weighted by Crippen LogP contribution is 2.42. The molecule has 2 aromatic rings. The number of amides is 1. The van der Waals surface area contributed by atoms with Crippen LogP contribution in [0.1, 0.15) is 72.6 Å². The van der Waals surface area contributed by atoms with Gasteiger partial charge in [0.2, 0.25) is 0 Å². The summed E-state index contributed by atoms with van der Waals surface area (Å²) in [5.74, 6) is 0.200. The fraction of sp³-hybridized carbons (Fsp3) is 0.517. The maximum atomic E-state index is 14.6. The molecule has 3 fully saturated rings. The number of anilines is 1. The van der Waals surface area contributed by atoms with Crippen molar-refractivity contribution in [2.75, 3.05) is 31.5 Å². The van der Waals surface area contributed by atoms with Gasteiger partial charge in [0.05, 0.1) is 5.56 Å². The van der Waals surface area contributed by atoms with Gasteiger partial charge < -0.3 is 10.2 Å². The van der Waals surface area contributed by atoms with Gasteiger partial charge in [-0.1, -0.05) is 25.3 Å². The number of nitrogens with zero attached hydrogens (tertiary/aromatic N) is 3. The zero-order valence-corrected chi connectivity index (χ0v) is 21.1. The molecule has 186 valence electrons. The first-order chi connectivity index (χ1) is 17.0. The highest BCUT2D eigenvalue weighted by atomic mass is 19.1. The van der Waals surface area contributed by atoms with E-state index >= 15 is 0 Å². The van der Waals surface area contributed by atoms with Crippen molar-refractivity contribution in [2.45, 2.75) is 65.3 Å². The summed E-state index contributed by atoms with van der Waals surface area (Å²) in [6.07, 6.45) is 10.5. The molecule has 5 nitrogen and oxygen atoms in total. The normalized spacial score (nSPS) is 18.7. The number of carbonyl (C=O) groups excluding carboxylic acids is 1. The molecule has 0 spiro atoms. The number of hydrogen-bond donors (Lipinski definition) is 1. The van der Waals surface area contributed by atoms with Crippen LogP contribution in [0, 0.1) is 18.7 Å². The summed E-state index contributed by atoms with van der Waals surface area (Å²) in [6, 6.07) is 6.66. The Morgan fingerprint density at radius 2 is 1.86 bits per heavy atom. The van der Waals surface area contributed by atoms with Crippen LogP contribution < -0.4 is 5.32 Å². The molecule has 1 aromatic carbocycles. The summed E-state index contributed by atoms with van der Waals surface area (Å²) < 4.78 is 14.6. The van der Waals surface area contributed by atoms with E-state index in [9.17, 15) is 9.18 Å². The van der Waals surface area contributed by atoms with E-state index < -0.39 is 0 Å². The molecule has 5 rings (SSSR count). The Balaban J connectivity index is 1.23. The maximum Gasteiger partial charge on any atom is 0.257 e. The molecule has 3 aliphatic rings. The van der Waals surface area contributed by atoms with Crippen LogP contribution in [0.3, 0.4) is 0 Å². The zero-order chi connectivity index (χ0) is 24.4. The summed E-state index contributed by atoms with van der Waals surface area (Å²) in [4.78, 5) is 22.1. The number of piperazine rings is 1. The van der Waals surface area contributed by atoms with Crippen molar-refractivity contribution in [1.82, 2.24) is 14.8 Å². The third kappa shape index (κ3) is 5.58. The first-order valence-electron chi connectivity index (χ1n) is 13.3. The molecular formula is C29H37FN4O. The number of aromatic nitrogens is 1. The van der Waals surface area contributed by atoms with Crippen molar-refractivity contribution in [1.29, 1.82) is 0 Å². The van der Waals surface area contributed by atoms with Crippen LogP contribution in [0.5, 0.6) is 0 Å². The number of benzene rings is 1. The van der Waals surface area contributed by atoms with Crippen LogP contribution in [-0.2, 0) is 13.0 Å². The first kappa shape index (κ1) is 24.0. The monoisotopic (exact) mass is 476 g/mol. The van der Waals surface area contributed by atoms with Gasteiger partial charge in [-0.05, 0) is 80.3 Å². The summed E-state index contributed by atoms with van der Waals surface area (Å²) >= 11 is 0. The van der Waals surface area contributed by atoms with E-state index in [4.69, 9.17) is 0 Å². The Hall–Kier alpha value is -2.73. The molecule has 2 aliphatic carbocycles. The lowest BCUT2D eigenvalue weighted by Crippen LogP contribution is -2.46. The van der Waals surface area contributed by atoms with Gasteiger partial charge in [0.1, 0.15) is 5.82 Å². The van der Waals surface area contributed by atoms with E-state index in [1.54, 1.807) is 29.6 Å². The lowest BCUT2D eigenvalue weighted by molar-refractivity contribution is 0.102. The number of allylic oxidation sites excluding steroid dienone is 2. The number of pyridine rings is 1. The van der Waals surface area contributed by atoms with E-state index in [1.165, 1.54) is 44.6 Å². The fourth-order valence-corrected chi connectivity index (χ4v) is 5.67. The van der Waals surface area contributed by atoms with Crippen LogP contribution in [0.15, 0.2) is 41.7 Å². The van der Waals surface area contributed by atoms with Crippen molar-refractivity contribution in [2.24, 2.45) is 5.92 Å². The molecule has 1 aromatic heterocycles. The van der Waals surface area contributed by atoms with Gasteiger partial charge in [0.15, 0.2) is 0 Å². The second kappa shape index (κ2) is 10.5. The third-order valence-corrected chi connectivity index (χ3v) is 7.89. The second-order valence-electron chi connectivity index (χ2n) is 10.3. The van der Waals surface area contributed by atoms with Gasteiger partial charge in [-0.2, -0.15) is 0 Å². The summed E-state index contributed by atoms with van der Waals surface area (Å²) in [5, 5.41) is 2.90. The topological polar surface area (TPSA) is 48.5 Å². The van der Waals surface area contributed by atoms with Crippen LogP contribution in [0.2, 0.25) is 0 Å². The van der Waals surface area contributed by atoms with Crippen molar-refractivity contribution < 1.29 is 9.18 Å². The van der Waals surface area contributed by atoms with E-state index in [2.05, 4.69) is 20.1 Å². The SMILES string of the molecule is CCc1ccc(C(=O)Nc2cc(F)cc(CN3CCN(C(=C4CC4)C4CCCC4)CC3)c2C)cn1. The molecule has 0 unspecified atom stereocenters. The molecule has 2 saturated carbocycles. The van der Waals surface area contributed by atoms with E-state index in [0.29, 0.717) is 17.8 Å². The van der Waals surface area contributed by atoms with E-state index in [0.717, 1.165) is 55.3 Å². The highest BCUT2D eigenvalue weighted by Gasteiger charge is 2.32. The third-order valence-electron chi connectivity index (χ3n) is 7.89. The van der Waals surface area contributed by atoms with Crippen molar-refractivity contribution in [3.8, 4) is 0 Å².